The van der Waals surface area contributed by atoms with Gasteiger partial charge in [0.2, 0.25) is 0 Å². The Hall–Kier alpha value is -1.51. The molecule has 0 N–H and O–H groups in total. The van der Waals surface area contributed by atoms with Gasteiger partial charge in [-0.05, 0) is 19.1 Å². The summed E-state index contributed by atoms with van der Waals surface area (Å²) in [5, 5.41) is 0. The third-order valence-electron chi connectivity index (χ3n) is 1.70. The molecule has 14 heavy (non-hydrogen) atoms. The highest BCUT2D eigenvalue weighted by Crippen LogP contribution is 2.14. The van der Waals surface area contributed by atoms with Gasteiger partial charge in [-0.3, -0.25) is 4.94 Å². The van der Waals surface area contributed by atoms with Gasteiger partial charge in [0.1, 0.15) is 17.6 Å². The van der Waals surface area contributed by atoms with Crippen LogP contribution in [-0.2, 0) is 4.94 Å². The summed E-state index contributed by atoms with van der Waals surface area (Å²) in [4.78, 5) is 3.48. The van der Waals surface area contributed by atoms with Crippen LogP contribution in [0.15, 0.2) is 42.7 Å². The summed E-state index contributed by atoms with van der Waals surface area (Å²) in [7, 11) is 0. The van der Waals surface area contributed by atoms with Crippen molar-refractivity contribution in [2.45, 2.75) is 19.4 Å². The molecule has 0 bridgehead atoms. The van der Waals surface area contributed by atoms with Crippen LogP contribution in [0.2, 0.25) is 0 Å². The molecular formula is C11H13FO2. The van der Waals surface area contributed by atoms with Gasteiger partial charge in [-0.25, -0.2) is 0 Å². The molecule has 0 spiro atoms. The number of para-hydroxylation sites is 1. The fraction of sp³-hybridized carbons (Fsp3) is 0.273. The van der Waals surface area contributed by atoms with E-state index in [1.54, 1.807) is 0 Å². The zero-order chi connectivity index (χ0) is 10.4. The minimum atomic E-state index is -0.152. The number of hydrogen-bond acceptors (Lipinski definition) is 2. The molecule has 0 radical (unpaired) electrons. The molecule has 0 fully saturated rings. The maximum absolute atomic E-state index is 11.6. The second-order valence-electron chi connectivity index (χ2n) is 3.06. The standard InChI is InChI=1S/C11H13FO2/c1-9(8-10(2)14-12)13-11-6-4-3-5-7-11/h3-7,9H,2,8H2,1H3. The van der Waals surface area contributed by atoms with E-state index in [-0.39, 0.29) is 11.9 Å². The zero-order valence-corrected chi connectivity index (χ0v) is 8.07. The van der Waals surface area contributed by atoms with E-state index in [0.29, 0.717) is 6.42 Å². The van der Waals surface area contributed by atoms with Crippen LogP contribution in [0.1, 0.15) is 13.3 Å². The minimum absolute atomic E-state index is 0.0773. The molecule has 76 valence electrons. The summed E-state index contributed by atoms with van der Waals surface area (Å²) >= 11 is 0. The van der Waals surface area contributed by atoms with Gasteiger partial charge < -0.3 is 4.74 Å². The lowest BCUT2D eigenvalue weighted by Crippen LogP contribution is -2.12. The van der Waals surface area contributed by atoms with Gasteiger partial charge in [0.25, 0.3) is 0 Å². The molecule has 0 aliphatic carbocycles. The second kappa shape index (κ2) is 5.27. The van der Waals surface area contributed by atoms with E-state index >= 15 is 0 Å². The smallest absolute Gasteiger partial charge is 0.145 e. The van der Waals surface area contributed by atoms with Crippen LogP contribution in [0.3, 0.4) is 0 Å². The molecule has 3 heteroatoms. The van der Waals surface area contributed by atoms with E-state index in [1.807, 2.05) is 37.3 Å². The van der Waals surface area contributed by atoms with Crippen LogP contribution in [0, 0.1) is 0 Å². The van der Waals surface area contributed by atoms with Crippen molar-refractivity contribution in [3.05, 3.63) is 42.7 Å². The molecule has 0 aliphatic heterocycles. The van der Waals surface area contributed by atoms with E-state index in [9.17, 15) is 4.53 Å². The van der Waals surface area contributed by atoms with Gasteiger partial charge in [-0.2, -0.15) is 0 Å². The Balaban J connectivity index is 2.41. The van der Waals surface area contributed by atoms with Crippen molar-refractivity contribution >= 4 is 0 Å². The average Bonchev–Trinajstić information content (AvgIpc) is 2.19. The zero-order valence-electron chi connectivity index (χ0n) is 8.07. The van der Waals surface area contributed by atoms with Crippen molar-refractivity contribution in [1.29, 1.82) is 0 Å². The molecule has 0 saturated heterocycles. The monoisotopic (exact) mass is 196 g/mol. The molecule has 1 rings (SSSR count). The van der Waals surface area contributed by atoms with E-state index < -0.39 is 0 Å². The summed E-state index contributed by atoms with van der Waals surface area (Å²) in [6, 6.07) is 9.34. The number of rotatable bonds is 5. The lowest BCUT2D eigenvalue weighted by Gasteiger charge is -2.13. The first-order chi connectivity index (χ1) is 6.72. The molecule has 2 nitrogen and oxygen atoms in total. The number of hydrogen-bond donors (Lipinski definition) is 0. The first-order valence-electron chi connectivity index (χ1n) is 4.40. The molecular weight excluding hydrogens is 183 g/mol. The summed E-state index contributed by atoms with van der Waals surface area (Å²) in [5.74, 6) is 0.833. The van der Waals surface area contributed by atoms with Gasteiger partial charge >= 0.3 is 0 Å². The Morgan fingerprint density at radius 2 is 2.07 bits per heavy atom. The van der Waals surface area contributed by atoms with Crippen LogP contribution >= 0.6 is 0 Å². The Labute approximate surface area is 82.9 Å². The fourth-order valence-corrected chi connectivity index (χ4v) is 1.13. The number of ether oxygens (including phenoxy) is 1. The van der Waals surface area contributed by atoms with Crippen molar-refractivity contribution in [3.8, 4) is 5.75 Å². The number of benzene rings is 1. The van der Waals surface area contributed by atoms with E-state index in [2.05, 4.69) is 11.5 Å². The van der Waals surface area contributed by atoms with E-state index in [1.165, 1.54) is 0 Å². The Bertz CT molecular complexity index is 285. The maximum atomic E-state index is 11.6. The molecule has 1 unspecified atom stereocenters. The van der Waals surface area contributed by atoms with Crippen molar-refractivity contribution in [2.75, 3.05) is 0 Å². The topological polar surface area (TPSA) is 18.5 Å². The van der Waals surface area contributed by atoms with Gasteiger partial charge in [-0.1, -0.05) is 24.8 Å². The van der Waals surface area contributed by atoms with Crippen LogP contribution in [0.5, 0.6) is 5.75 Å². The minimum Gasteiger partial charge on any atom is -0.490 e. The van der Waals surface area contributed by atoms with E-state index in [4.69, 9.17) is 4.74 Å². The van der Waals surface area contributed by atoms with E-state index in [0.717, 1.165) is 5.75 Å². The Morgan fingerprint density at radius 3 is 2.64 bits per heavy atom. The van der Waals surface area contributed by atoms with Crippen LogP contribution in [0.25, 0.3) is 0 Å². The van der Waals surface area contributed by atoms with Gasteiger partial charge in [-0.15, -0.1) is 0 Å². The highest BCUT2D eigenvalue weighted by atomic mass is 19.3. The van der Waals surface area contributed by atoms with Crippen molar-refractivity contribution in [1.82, 2.24) is 0 Å². The number of halogens is 1. The van der Waals surface area contributed by atoms with Gasteiger partial charge in [0.15, 0.2) is 0 Å². The third kappa shape index (κ3) is 3.47. The van der Waals surface area contributed by atoms with Crippen LogP contribution < -0.4 is 4.74 Å². The lowest BCUT2D eigenvalue weighted by atomic mass is 10.2. The third-order valence-corrected chi connectivity index (χ3v) is 1.70. The summed E-state index contributed by atoms with van der Waals surface area (Å²) < 4.78 is 17.1. The normalized spacial score (nSPS) is 11.9. The Morgan fingerprint density at radius 1 is 1.43 bits per heavy atom. The molecule has 0 heterocycles. The summed E-state index contributed by atoms with van der Waals surface area (Å²) in [6.45, 7) is 5.21. The van der Waals surface area contributed by atoms with Gasteiger partial charge in [0, 0.05) is 10.9 Å². The molecule has 1 aromatic carbocycles. The molecule has 0 aromatic heterocycles. The molecule has 1 atom stereocenters. The SMILES string of the molecule is C=C(CC(C)Oc1ccccc1)OF. The first-order valence-corrected chi connectivity index (χ1v) is 4.40. The van der Waals surface area contributed by atoms with Crippen LogP contribution in [0.4, 0.5) is 4.53 Å². The lowest BCUT2D eigenvalue weighted by molar-refractivity contribution is -0.0898. The maximum Gasteiger partial charge on any atom is 0.145 e. The highest BCUT2D eigenvalue weighted by Gasteiger charge is 2.07. The highest BCUT2D eigenvalue weighted by molar-refractivity contribution is 5.21. The predicted octanol–water partition coefficient (Wildman–Crippen LogP) is 3.26. The first kappa shape index (κ1) is 10.6. The van der Waals surface area contributed by atoms with Crippen molar-refractivity contribution in [2.24, 2.45) is 0 Å². The molecule has 0 amide bonds. The second-order valence-corrected chi connectivity index (χ2v) is 3.06. The average molecular weight is 196 g/mol. The molecule has 1 aromatic rings. The Kier molecular flexibility index (Phi) is 3.98. The van der Waals surface area contributed by atoms with Crippen molar-refractivity contribution in [3.63, 3.8) is 0 Å². The quantitative estimate of drug-likeness (QED) is 0.673. The molecule has 0 saturated carbocycles. The van der Waals surface area contributed by atoms with Crippen LogP contribution in [-0.4, -0.2) is 6.10 Å². The summed E-state index contributed by atoms with van der Waals surface area (Å²) in [6.07, 6.45) is 0.187. The fourth-order valence-electron chi connectivity index (χ4n) is 1.13. The largest absolute Gasteiger partial charge is 0.490 e. The van der Waals surface area contributed by atoms with Gasteiger partial charge in [0.05, 0.1) is 0 Å². The predicted molar refractivity (Wildman–Crippen MR) is 52.5 cm³/mol. The summed E-state index contributed by atoms with van der Waals surface area (Å²) in [5.41, 5.74) is 0. The molecule has 0 aliphatic rings. The van der Waals surface area contributed by atoms with Crippen molar-refractivity contribution < 1.29 is 14.2 Å².